The van der Waals surface area contributed by atoms with Gasteiger partial charge >= 0.3 is 0 Å². The molecule has 0 spiro atoms. The molecule has 2 rings (SSSR count). The number of aryl methyl sites for hydroxylation is 1. The first-order chi connectivity index (χ1) is 17.9. The average molecular weight is 509 g/mol. The van der Waals surface area contributed by atoms with E-state index < -0.39 is 0 Å². The van der Waals surface area contributed by atoms with E-state index in [0.29, 0.717) is 5.89 Å². The van der Waals surface area contributed by atoms with Gasteiger partial charge in [-0.2, -0.15) is 0 Å². The highest BCUT2D eigenvalue weighted by atomic mass is 16.4. The van der Waals surface area contributed by atoms with Crippen LogP contribution in [0.25, 0.3) is 5.57 Å². The Hall–Kier alpha value is -2.70. The van der Waals surface area contributed by atoms with Gasteiger partial charge in [0.1, 0.15) is 5.76 Å². The van der Waals surface area contributed by atoms with Gasteiger partial charge in [0.15, 0.2) is 0 Å². The number of aromatic nitrogens is 1. The standard InChI is InChI=1S/C31H48N4O2/c1-8-15-25(10-3)27(11-4)28(12-5)31-33-29(24(7)37-31)23-35-21-16-26(17-22-35)30(36)32-18-14-20-34(13-6)19-9-2/h8,10-12,15,26H,3-4,9,13-14,16-23H2,1-2,5-7H3,(H,32,36)/b15-8-,27-25+,28-12+. The Balaban J connectivity index is 1.92. The topological polar surface area (TPSA) is 61.6 Å². The maximum atomic E-state index is 12.7. The number of carbonyl (C=O) groups is 1. The number of oxazole rings is 1. The monoisotopic (exact) mass is 508 g/mol. The maximum Gasteiger partial charge on any atom is 0.226 e. The quantitative estimate of drug-likeness (QED) is 0.230. The number of piperidine rings is 1. The van der Waals surface area contributed by atoms with E-state index in [-0.39, 0.29) is 11.8 Å². The second-order valence-electron chi connectivity index (χ2n) is 9.63. The van der Waals surface area contributed by atoms with Gasteiger partial charge in [0, 0.05) is 24.6 Å². The minimum Gasteiger partial charge on any atom is -0.441 e. The number of hydrogen-bond donors (Lipinski definition) is 1. The minimum absolute atomic E-state index is 0.0991. The van der Waals surface area contributed by atoms with Crippen molar-refractivity contribution in [1.29, 1.82) is 0 Å². The second-order valence-corrected chi connectivity index (χ2v) is 9.63. The maximum absolute atomic E-state index is 12.7. The molecule has 204 valence electrons. The van der Waals surface area contributed by atoms with E-state index in [0.717, 1.165) is 93.2 Å². The number of allylic oxidation sites excluding steroid dienone is 8. The fraction of sp³-hybridized carbons (Fsp3) is 0.548. The molecule has 1 aliphatic rings. The first kappa shape index (κ1) is 30.5. The molecule has 1 aromatic rings. The summed E-state index contributed by atoms with van der Waals surface area (Å²) < 4.78 is 6.11. The summed E-state index contributed by atoms with van der Waals surface area (Å²) >= 11 is 0. The summed E-state index contributed by atoms with van der Waals surface area (Å²) in [6.07, 6.45) is 13.6. The van der Waals surface area contributed by atoms with E-state index >= 15 is 0 Å². The zero-order chi connectivity index (χ0) is 27.2. The normalized spacial score (nSPS) is 16.3. The second kappa shape index (κ2) is 16.2. The number of nitrogens with zero attached hydrogens (tertiary/aromatic N) is 3. The van der Waals surface area contributed by atoms with Crippen molar-refractivity contribution in [3.05, 3.63) is 72.0 Å². The molecule has 1 amide bonds. The zero-order valence-corrected chi connectivity index (χ0v) is 23.8. The van der Waals surface area contributed by atoms with Crippen molar-refractivity contribution >= 4 is 11.5 Å². The van der Waals surface area contributed by atoms with Gasteiger partial charge in [-0.25, -0.2) is 4.98 Å². The van der Waals surface area contributed by atoms with E-state index in [2.05, 4.69) is 42.1 Å². The average Bonchev–Trinajstić information content (AvgIpc) is 3.27. The number of likely N-dealkylation sites (tertiary alicyclic amines) is 1. The fourth-order valence-corrected chi connectivity index (χ4v) is 4.88. The van der Waals surface area contributed by atoms with Crippen LogP contribution in [0.1, 0.15) is 70.7 Å². The third kappa shape index (κ3) is 8.97. The molecule has 1 fully saturated rings. The van der Waals surface area contributed by atoms with Crippen molar-refractivity contribution in [1.82, 2.24) is 20.1 Å². The van der Waals surface area contributed by atoms with Crippen molar-refractivity contribution in [2.75, 3.05) is 39.3 Å². The summed E-state index contributed by atoms with van der Waals surface area (Å²) in [5.41, 5.74) is 3.78. The summed E-state index contributed by atoms with van der Waals surface area (Å²) in [6.45, 7) is 24.8. The first-order valence-electron chi connectivity index (χ1n) is 13.9. The van der Waals surface area contributed by atoms with Crippen LogP contribution < -0.4 is 5.32 Å². The molecule has 0 aromatic carbocycles. The van der Waals surface area contributed by atoms with Gasteiger partial charge in [-0.1, -0.05) is 57.4 Å². The predicted octanol–water partition coefficient (Wildman–Crippen LogP) is 6.08. The van der Waals surface area contributed by atoms with Gasteiger partial charge in [-0.05, 0) is 90.3 Å². The van der Waals surface area contributed by atoms with Crippen LogP contribution in [-0.2, 0) is 11.3 Å². The van der Waals surface area contributed by atoms with E-state index in [1.165, 1.54) is 6.42 Å². The summed E-state index contributed by atoms with van der Waals surface area (Å²) in [5.74, 6) is 1.73. The Bertz CT molecular complexity index is 977. The van der Waals surface area contributed by atoms with Crippen molar-refractivity contribution in [2.45, 2.75) is 66.8 Å². The number of nitrogens with one attached hydrogen (secondary N) is 1. The molecule has 0 aliphatic carbocycles. The number of rotatable bonds is 15. The minimum atomic E-state index is 0.0991. The Morgan fingerprint density at radius 1 is 1.19 bits per heavy atom. The molecule has 1 N–H and O–H groups in total. The Kier molecular flexibility index (Phi) is 13.4. The highest BCUT2D eigenvalue weighted by molar-refractivity contribution is 5.80. The molecule has 0 radical (unpaired) electrons. The van der Waals surface area contributed by atoms with Gasteiger partial charge < -0.3 is 14.6 Å². The Morgan fingerprint density at radius 2 is 1.92 bits per heavy atom. The molecule has 0 atom stereocenters. The van der Waals surface area contributed by atoms with E-state index in [1.807, 2.05) is 51.2 Å². The smallest absolute Gasteiger partial charge is 0.226 e. The van der Waals surface area contributed by atoms with Crippen molar-refractivity contribution in [3.8, 4) is 0 Å². The molecule has 0 unspecified atom stereocenters. The summed E-state index contributed by atoms with van der Waals surface area (Å²) in [6, 6.07) is 0. The molecular weight excluding hydrogens is 460 g/mol. The van der Waals surface area contributed by atoms with Crippen LogP contribution >= 0.6 is 0 Å². The molecule has 1 saturated heterocycles. The van der Waals surface area contributed by atoms with Crippen LogP contribution in [-0.4, -0.2) is 60.0 Å². The van der Waals surface area contributed by atoms with Crippen LogP contribution in [0.15, 0.2) is 59.1 Å². The molecule has 1 aromatic heterocycles. The molecule has 6 heteroatoms. The van der Waals surface area contributed by atoms with Gasteiger partial charge in [0.2, 0.25) is 11.8 Å². The third-order valence-corrected chi connectivity index (χ3v) is 7.05. The fourth-order valence-electron chi connectivity index (χ4n) is 4.88. The molecule has 6 nitrogen and oxygen atoms in total. The van der Waals surface area contributed by atoms with E-state index in [4.69, 9.17) is 9.40 Å². The Morgan fingerprint density at radius 3 is 2.49 bits per heavy atom. The van der Waals surface area contributed by atoms with E-state index in [1.54, 1.807) is 0 Å². The van der Waals surface area contributed by atoms with Crippen molar-refractivity contribution < 1.29 is 9.21 Å². The summed E-state index contributed by atoms with van der Waals surface area (Å²) in [4.78, 5) is 22.4. The van der Waals surface area contributed by atoms with Crippen molar-refractivity contribution in [3.63, 3.8) is 0 Å². The van der Waals surface area contributed by atoms with Crippen LogP contribution in [0.5, 0.6) is 0 Å². The lowest BCUT2D eigenvalue weighted by Crippen LogP contribution is -2.41. The molecule has 37 heavy (non-hydrogen) atoms. The van der Waals surface area contributed by atoms with Crippen LogP contribution in [0, 0.1) is 12.8 Å². The predicted molar refractivity (Wildman–Crippen MR) is 155 cm³/mol. The number of hydrogen-bond acceptors (Lipinski definition) is 5. The molecule has 0 saturated carbocycles. The largest absolute Gasteiger partial charge is 0.441 e. The SMILES string of the molecule is C=CC(/C=C\C)=C(C=C)\C(=C/C)c1nc(CN2CCC(C(=O)NCCCN(CC)CCC)CC2)c(C)o1. The summed E-state index contributed by atoms with van der Waals surface area (Å²) in [7, 11) is 0. The van der Waals surface area contributed by atoms with Gasteiger partial charge in [-0.3, -0.25) is 9.69 Å². The van der Waals surface area contributed by atoms with Gasteiger partial charge in [-0.15, -0.1) is 0 Å². The zero-order valence-electron chi connectivity index (χ0n) is 23.8. The van der Waals surface area contributed by atoms with Gasteiger partial charge in [0.05, 0.1) is 5.69 Å². The molecule has 2 heterocycles. The van der Waals surface area contributed by atoms with E-state index in [9.17, 15) is 4.79 Å². The Labute approximate surface area is 224 Å². The lowest BCUT2D eigenvalue weighted by molar-refractivity contribution is -0.126. The van der Waals surface area contributed by atoms with Gasteiger partial charge in [0.25, 0.3) is 0 Å². The van der Waals surface area contributed by atoms with Crippen molar-refractivity contribution in [2.24, 2.45) is 5.92 Å². The highest BCUT2D eigenvalue weighted by Gasteiger charge is 2.26. The lowest BCUT2D eigenvalue weighted by atomic mass is 9.95. The first-order valence-corrected chi connectivity index (χ1v) is 13.9. The van der Waals surface area contributed by atoms with Crippen LogP contribution in [0.3, 0.4) is 0 Å². The number of carbonyl (C=O) groups excluding carboxylic acids is 1. The molecular formula is C31H48N4O2. The van der Waals surface area contributed by atoms with Crippen LogP contribution in [0.4, 0.5) is 0 Å². The molecule has 1 aliphatic heterocycles. The van der Waals surface area contributed by atoms with Crippen LogP contribution in [0.2, 0.25) is 0 Å². The lowest BCUT2D eigenvalue weighted by Gasteiger charge is -2.30. The molecule has 0 bridgehead atoms. The number of amides is 1. The third-order valence-electron chi connectivity index (χ3n) is 7.05. The summed E-state index contributed by atoms with van der Waals surface area (Å²) in [5, 5.41) is 3.17. The highest BCUT2D eigenvalue weighted by Crippen LogP contribution is 2.29.